The van der Waals surface area contributed by atoms with E-state index in [1.807, 2.05) is 0 Å². The molecule has 0 saturated heterocycles. The lowest BCUT2D eigenvalue weighted by atomic mass is 9.80. The molecule has 1 aliphatic carbocycles. The van der Waals surface area contributed by atoms with Crippen molar-refractivity contribution in [2.24, 2.45) is 5.92 Å². The summed E-state index contributed by atoms with van der Waals surface area (Å²) < 4.78 is 5.07. The van der Waals surface area contributed by atoms with Crippen molar-refractivity contribution in [1.29, 1.82) is 0 Å². The van der Waals surface area contributed by atoms with Crippen LogP contribution in [0.5, 0.6) is 0 Å². The minimum absolute atomic E-state index is 0.187. The van der Waals surface area contributed by atoms with E-state index in [0.29, 0.717) is 18.3 Å². The molecule has 0 aromatic carbocycles. The minimum atomic E-state index is -0.515. The molecule has 0 aliphatic heterocycles. The van der Waals surface area contributed by atoms with Crippen LogP contribution in [0.25, 0.3) is 0 Å². The predicted molar refractivity (Wildman–Crippen MR) is 59.0 cm³/mol. The Bertz CT molecular complexity index is 371. The first kappa shape index (κ1) is 11.1. The maximum Gasteiger partial charge on any atom is 0.433 e. The molecule has 1 aliphatic rings. The standard InChI is InChI=1S/C11H16N2O3/c1-8(9-3-2-4-9)12-7-10-5-6-11(16-10)13(14)15/h5-6,8-9,12H,2-4,7H2,1H3. The SMILES string of the molecule is CC(NCc1ccc([N+](=O)[O-])o1)C1CCC1. The molecule has 5 nitrogen and oxygen atoms in total. The average molecular weight is 224 g/mol. The predicted octanol–water partition coefficient (Wildman–Crippen LogP) is 2.47. The highest BCUT2D eigenvalue weighted by Crippen LogP contribution is 2.29. The summed E-state index contributed by atoms with van der Waals surface area (Å²) in [5.41, 5.74) is 0. The van der Waals surface area contributed by atoms with E-state index in [1.165, 1.54) is 25.3 Å². The molecule has 1 fully saturated rings. The number of hydrogen-bond donors (Lipinski definition) is 1. The smallest absolute Gasteiger partial charge is 0.404 e. The lowest BCUT2D eigenvalue weighted by molar-refractivity contribution is -0.402. The Hall–Kier alpha value is -1.36. The van der Waals surface area contributed by atoms with Crippen LogP contribution in [0.1, 0.15) is 31.9 Å². The van der Waals surface area contributed by atoms with Crippen LogP contribution in [0, 0.1) is 16.0 Å². The summed E-state index contributed by atoms with van der Waals surface area (Å²) in [6.45, 7) is 2.71. The highest BCUT2D eigenvalue weighted by Gasteiger charge is 2.23. The Morgan fingerprint density at radius 1 is 1.62 bits per heavy atom. The summed E-state index contributed by atoms with van der Waals surface area (Å²) >= 11 is 0. The van der Waals surface area contributed by atoms with Gasteiger partial charge in [0.2, 0.25) is 0 Å². The number of nitrogens with one attached hydrogen (secondary N) is 1. The van der Waals surface area contributed by atoms with E-state index in [-0.39, 0.29) is 5.88 Å². The largest absolute Gasteiger partial charge is 0.433 e. The van der Waals surface area contributed by atoms with Gasteiger partial charge in [-0.05, 0) is 31.7 Å². The topological polar surface area (TPSA) is 68.3 Å². The van der Waals surface area contributed by atoms with Crippen LogP contribution in [0.3, 0.4) is 0 Å². The number of furan rings is 1. The van der Waals surface area contributed by atoms with Gasteiger partial charge in [-0.15, -0.1) is 0 Å². The van der Waals surface area contributed by atoms with Crippen molar-refractivity contribution in [3.63, 3.8) is 0 Å². The molecule has 1 aromatic heterocycles. The van der Waals surface area contributed by atoms with Crippen molar-refractivity contribution in [2.75, 3.05) is 0 Å². The molecule has 0 amide bonds. The molecule has 1 atom stereocenters. The molecule has 16 heavy (non-hydrogen) atoms. The van der Waals surface area contributed by atoms with Gasteiger partial charge in [0.25, 0.3) is 0 Å². The van der Waals surface area contributed by atoms with Gasteiger partial charge in [-0.2, -0.15) is 0 Å². The zero-order valence-corrected chi connectivity index (χ0v) is 9.31. The molecule has 1 N–H and O–H groups in total. The third kappa shape index (κ3) is 2.41. The molecule has 0 radical (unpaired) electrons. The molecule has 1 aromatic rings. The molecule has 2 rings (SSSR count). The fourth-order valence-corrected chi connectivity index (χ4v) is 1.93. The van der Waals surface area contributed by atoms with E-state index in [9.17, 15) is 10.1 Å². The first-order chi connectivity index (χ1) is 7.66. The van der Waals surface area contributed by atoms with Crippen LogP contribution in [0.4, 0.5) is 5.88 Å². The second-order valence-corrected chi connectivity index (χ2v) is 4.36. The van der Waals surface area contributed by atoms with Crippen molar-refractivity contribution < 1.29 is 9.34 Å². The third-order valence-corrected chi connectivity index (χ3v) is 3.28. The highest BCUT2D eigenvalue weighted by atomic mass is 16.6. The maximum absolute atomic E-state index is 10.4. The van der Waals surface area contributed by atoms with Gasteiger partial charge in [0, 0.05) is 6.04 Å². The number of hydrogen-bond acceptors (Lipinski definition) is 4. The van der Waals surface area contributed by atoms with Crippen molar-refractivity contribution in [1.82, 2.24) is 5.32 Å². The summed E-state index contributed by atoms with van der Waals surface area (Å²) in [4.78, 5) is 9.89. The van der Waals surface area contributed by atoms with Gasteiger partial charge in [-0.1, -0.05) is 6.42 Å². The summed E-state index contributed by atoms with van der Waals surface area (Å²) in [5.74, 6) is 1.19. The van der Waals surface area contributed by atoms with E-state index < -0.39 is 4.92 Å². The van der Waals surface area contributed by atoms with Gasteiger partial charge >= 0.3 is 5.88 Å². The van der Waals surface area contributed by atoms with Crippen molar-refractivity contribution in [2.45, 2.75) is 38.8 Å². The van der Waals surface area contributed by atoms with E-state index in [1.54, 1.807) is 6.07 Å². The molecule has 5 heteroatoms. The van der Waals surface area contributed by atoms with Gasteiger partial charge in [0.05, 0.1) is 12.6 Å². The Morgan fingerprint density at radius 3 is 2.88 bits per heavy atom. The van der Waals surface area contributed by atoms with Crippen molar-refractivity contribution in [3.8, 4) is 0 Å². The summed E-state index contributed by atoms with van der Waals surface area (Å²) in [7, 11) is 0. The second-order valence-electron chi connectivity index (χ2n) is 4.36. The second kappa shape index (κ2) is 4.65. The number of rotatable bonds is 5. The van der Waals surface area contributed by atoms with Crippen LogP contribution < -0.4 is 5.32 Å². The first-order valence-electron chi connectivity index (χ1n) is 5.63. The monoisotopic (exact) mass is 224 g/mol. The van der Waals surface area contributed by atoms with Crippen LogP contribution in [-0.2, 0) is 6.54 Å². The van der Waals surface area contributed by atoms with Crippen LogP contribution in [-0.4, -0.2) is 11.0 Å². The summed E-state index contributed by atoms with van der Waals surface area (Å²) in [5, 5.41) is 13.7. The van der Waals surface area contributed by atoms with E-state index >= 15 is 0 Å². The maximum atomic E-state index is 10.4. The van der Waals surface area contributed by atoms with Gasteiger partial charge in [-0.25, -0.2) is 0 Å². The van der Waals surface area contributed by atoms with Gasteiger partial charge in [-0.3, -0.25) is 10.1 Å². The van der Waals surface area contributed by atoms with E-state index in [0.717, 1.165) is 5.92 Å². The van der Waals surface area contributed by atoms with Crippen LogP contribution >= 0.6 is 0 Å². The Balaban J connectivity index is 1.81. The Kier molecular flexibility index (Phi) is 3.24. The summed E-state index contributed by atoms with van der Waals surface area (Å²) in [6, 6.07) is 3.50. The Labute approximate surface area is 94.0 Å². The first-order valence-corrected chi connectivity index (χ1v) is 5.63. The van der Waals surface area contributed by atoms with Crippen molar-refractivity contribution >= 4 is 5.88 Å². The molecule has 1 heterocycles. The minimum Gasteiger partial charge on any atom is -0.404 e. The van der Waals surface area contributed by atoms with Gasteiger partial charge in [0.15, 0.2) is 0 Å². The van der Waals surface area contributed by atoms with Gasteiger partial charge < -0.3 is 9.73 Å². The zero-order valence-electron chi connectivity index (χ0n) is 9.31. The van der Waals surface area contributed by atoms with Gasteiger partial charge in [0.1, 0.15) is 10.7 Å². The lowest BCUT2D eigenvalue weighted by Gasteiger charge is -2.31. The number of nitro groups is 1. The quantitative estimate of drug-likeness (QED) is 0.616. The van der Waals surface area contributed by atoms with Crippen molar-refractivity contribution in [3.05, 3.63) is 28.0 Å². The fraction of sp³-hybridized carbons (Fsp3) is 0.636. The average Bonchev–Trinajstić information content (AvgIpc) is 2.60. The molecular formula is C11H16N2O3. The van der Waals surface area contributed by atoms with Crippen LogP contribution in [0.2, 0.25) is 0 Å². The molecule has 1 saturated carbocycles. The third-order valence-electron chi connectivity index (χ3n) is 3.28. The highest BCUT2D eigenvalue weighted by molar-refractivity contribution is 5.17. The molecule has 0 spiro atoms. The normalized spacial score (nSPS) is 18.1. The molecule has 0 bridgehead atoms. The molecular weight excluding hydrogens is 208 g/mol. The summed E-state index contributed by atoms with van der Waals surface area (Å²) in [6.07, 6.45) is 3.89. The van der Waals surface area contributed by atoms with Crippen LogP contribution in [0.15, 0.2) is 16.5 Å². The lowest BCUT2D eigenvalue weighted by Crippen LogP contribution is -2.36. The van der Waals surface area contributed by atoms with E-state index in [2.05, 4.69) is 12.2 Å². The fourth-order valence-electron chi connectivity index (χ4n) is 1.93. The molecule has 1 unspecified atom stereocenters. The molecule has 88 valence electrons. The number of nitrogens with zero attached hydrogens (tertiary/aromatic N) is 1. The Morgan fingerprint density at radius 2 is 2.38 bits per heavy atom. The van der Waals surface area contributed by atoms with E-state index in [4.69, 9.17) is 4.42 Å². The zero-order chi connectivity index (χ0) is 11.5.